The Morgan fingerprint density at radius 3 is 2.36 bits per heavy atom. The number of para-hydroxylation sites is 1. The zero-order valence-electron chi connectivity index (χ0n) is 15.9. The highest BCUT2D eigenvalue weighted by Crippen LogP contribution is 2.31. The summed E-state index contributed by atoms with van der Waals surface area (Å²) in [6, 6.07) is 7.97. The summed E-state index contributed by atoms with van der Waals surface area (Å²) in [5.41, 5.74) is 2.09. The number of nitrogens with zero attached hydrogens (tertiary/aromatic N) is 1. The fourth-order valence-corrected chi connectivity index (χ4v) is 3.61. The number of carbonyl (C=O) groups is 2. The molecule has 0 aromatic heterocycles. The van der Waals surface area contributed by atoms with E-state index >= 15 is 0 Å². The molecule has 2 rings (SSSR count). The molecule has 1 aromatic carbocycles. The first kappa shape index (κ1) is 19.5. The average molecular weight is 344 g/mol. The first-order valence-electron chi connectivity index (χ1n) is 9.70. The minimum absolute atomic E-state index is 0.0231. The molecule has 138 valence electrons. The Bertz CT molecular complexity index is 577. The van der Waals surface area contributed by atoms with Crippen molar-refractivity contribution < 1.29 is 9.59 Å². The Morgan fingerprint density at radius 1 is 1.08 bits per heavy atom. The largest absolute Gasteiger partial charge is 0.346 e. The van der Waals surface area contributed by atoms with Crippen LogP contribution < -0.4 is 5.32 Å². The molecule has 0 bridgehead atoms. The molecule has 0 atom stereocenters. The molecule has 1 N–H and O–H groups in total. The molecule has 0 saturated heterocycles. The number of aryl methyl sites for hydroxylation is 1. The Hall–Kier alpha value is -1.84. The molecule has 1 aromatic rings. The van der Waals surface area contributed by atoms with Crippen LogP contribution in [0.1, 0.15) is 57.9 Å². The van der Waals surface area contributed by atoms with Gasteiger partial charge in [-0.05, 0) is 50.2 Å². The predicted octanol–water partition coefficient (Wildman–Crippen LogP) is 4.25. The van der Waals surface area contributed by atoms with Gasteiger partial charge < -0.3 is 10.2 Å². The zero-order chi connectivity index (χ0) is 18.2. The van der Waals surface area contributed by atoms with E-state index in [0.717, 1.165) is 62.7 Å². The third-order valence-electron chi connectivity index (χ3n) is 5.33. The summed E-state index contributed by atoms with van der Waals surface area (Å²) in [5, 5.41) is 3.09. The number of amides is 2. The molecule has 1 aliphatic rings. The van der Waals surface area contributed by atoms with Crippen molar-refractivity contribution in [3.63, 3.8) is 0 Å². The van der Waals surface area contributed by atoms with Gasteiger partial charge in [-0.25, -0.2) is 0 Å². The van der Waals surface area contributed by atoms with Gasteiger partial charge in [0.1, 0.15) is 0 Å². The molecule has 4 heteroatoms. The molecule has 0 unspecified atom stereocenters. The van der Waals surface area contributed by atoms with Crippen LogP contribution in [-0.2, 0) is 16.0 Å². The molecule has 1 fully saturated rings. The summed E-state index contributed by atoms with van der Waals surface area (Å²) < 4.78 is 0. The van der Waals surface area contributed by atoms with Crippen molar-refractivity contribution in [3.05, 3.63) is 29.8 Å². The van der Waals surface area contributed by atoms with Crippen molar-refractivity contribution >= 4 is 17.5 Å². The Balaban J connectivity index is 1.85. The maximum Gasteiger partial charge on any atom is 0.227 e. The first-order chi connectivity index (χ1) is 12.1. The third kappa shape index (κ3) is 5.32. The van der Waals surface area contributed by atoms with Gasteiger partial charge in [-0.2, -0.15) is 0 Å². The number of benzene rings is 1. The van der Waals surface area contributed by atoms with Gasteiger partial charge in [-0.15, -0.1) is 0 Å². The lowest BCUT2D eigenvalue weighted by atomic mass is 9.81. The molecule has 25 heavy (non-hydrogen) atoms. The van der Waals surface area contributed by atoms with E-state index < -0.39 is 0 Å². The molecular weight excluding hydrogens is 312 g/mol. The summed E-state index contributed by atoms with van der Waals surface area (Å²) in [7, 11) is 1.90. The SMILES string of the molecule is CCCCN(C)C(=O)C1CCC(C(=O)Nc2ccccc2CC)CC1. The smallest absolute Gasteiger partial charge is 0.227 e. The van der Waals surface area contributed by atoms with Crippen molar-refractivity contribution in [1.82, 2.24) is 4.90 Å². The Morgan fingerprint density at radius 2 is 1.72 bits per heavy atom. The predicted molar refractivity (Wildman–Crippen MR) is 102 cm³/mol. The van der Waals surface area contributed by atoms with Gasteiger partial charge in [0, 0.05) is 31.1 Å². The van der Waals surface area contributed by atoms with Crippen molar-refractivity contribution in [2.75, 3.05) is 18.9 Å². The topological polar surface area (TPSA) is 49.4 Å². The second kappa shape index (κ2) is 9.59. The molecule has 0 heterocycles. The molecule has 1 aliphatic carbocycles. The summed E-state index contributed by atoms with van der Waals surface area (Å²) >= 11 is 0. The summed E-state index contributed by atoms with van der Waals surface area (Å²) in [6.45, 7) is 5.07. The number of nitrogens with one attached hydrogen (secondary N) is 1. The quantitative estimate of drug-likeness (QED) is 0.804. The lowest BCUT2D eigenvalue weighted by Crippen LogP contribution is -2.37. The highest BCUT2D eigenvalue weighted by molar-refractivity contribution is 5.93. The van der Waals surface area contributed by atoms with Gasteiger partial charge in [-0.1, -0.05) is 38.5 Å². The van der Waals surface area contributed by atoms with Crippen molar-refractivity contribution in [2.24, 2.45) is 11.8 Å². The molecule has 4 nitrogen and oxygen atoms in total. The summed E-state index contributed by atoms with van der Waals surface area (Å²) in [4.78, 5) is 26.9. The average Bonchev–Trinajstić information content (AvgIpc) is 2.66. The van der Waals surface area contributed by atoms with Crippen LogP contribution >= 0.6 is 0 Å². The van der Waals surface area contributed by atoms with Gasteiger partial charge in [-0.3, -0.25) is 9.59 Å². The van der Waals surface area contributed by atoms with Crippen molar-refractivity contribution in [1.29, 1.82) is 0 Å². The maximum absolute atomic E-state index is 12.6. The van der Waals surface area contributed by atoms with Crippen LogP contribution in [0, 0.1) is 11.8 Å². The van der Waals surface area contributed by atoms with Crippen LogP contribution in [-0.4, -0.2) is 30.3 Å². The number of unbranched alkanes of at least 4 members (excludes halogenated alkanes) is 1. The van der Waals surface area contributed by atoms with Gasteiger partial charge in [0.25, 0.3) is 0 Å². The van der Waals surface area contributed by atoms with E-state index in [1.54, 1.807) is 0 Å². The molecular formula is C21H32N2O2. The van der Waals surface area contributed by atoms with E-state index in [-0.39, 0.29) is 23.7 Å². The molecule has 1 saturated carbocycles. The highest BCUT2D eigenvalue weighted by Gasteiger charge is 2.31. The van der Waals surface area contributed by atoms with Gasteiger partial charge in [0.2, 0.25) is 11.8 Å². The minimum Gasteiger partial charge on any atom is -0.346 e. The Kier molecular flexibility index (Phi) is 7.48. The fraction of sp³-hybridized carbons (Fsp3) is 0.619. The second-order valence-corrected chi connectivity index (χ2v) is 7.16. The van der Waals surface area contributed by atoms with Crippen LogP contribution in [0.15, 0.2) is 24.3 Å². The van der Waals surface area contributed by atoms with E-state index in [0.29, 0.717) is 0 Å². The van der Waals surface area contributed by atoms with Crippen molar-refractivity contribution in [2.45, 2.75) is 58.8 Å². The van der Waals surface area contributed by atoms with E-state index in [1.807, 2.05) is 30.1 Å². The molecule has 0 spiro atoms. The standard InChI is InChI=1S/C21H32N2O2/c1-4-6-15-23(3)21(25)18-13-11-17(12-14-18)20(24)22-19-10-8-7-9-16(19)5-2/h7-10,17-18H,4-6,11-15H2,1-3H3,(H,22,24). The highest BCUT2D eigenvalue weighted by atomic mass is 16.2. The maximum atomic E-state index is 12.6. The first-order valence-corrected chi connectivity index (χ1v) is 9.70. The van der Waals surface area contributed by atoms with Crippen LogP contribution in [0.5, 0.6) is 0 Å². The van der Waals surface area contributed by atoms with Crippen LogP contribution in [0.3, 0.4) is 0 Å². The number of rotatable bonds is 7. The second-order valence-electron chi connectivity index (χ2n) is 7.16. The van der Waals surface area contributed by atoms with Gasteiger partial charge in [0.15, 0.2) is 0 Å². The molecule has 2 amide bonds. The lowest BCUT2D eigenvalue weighted by molar-refractivity contribution is -0.136. The van der Waals surface area contributed by atoms with Gasteiger partial charge >= 0.3 is 0 Å². The normalized spacial score (nSPS) is 20.1. The van der Waals surface area contributed by atoms with E-state index in [9.17, 15) is 9.59 Å². The Labute approximate surface area is 152 Å². The van der Waals surface area contributed by atoms with E-state index in [4.69, 9.17) is 0 Å². The fourth-order valence-electron chi connectivity index (χ4n) is 3.61. The number of carbonyl (C=O) groups excluding carboxylic acids is 2. The molecule has 0 aliphatic heterocycles. The monoisotopic (exact) mass is 344 g/mol. The lowest BCUT2D eigenvalue weighted by Gasteiger charge is -2.30. The van der Waals surface area contributed by atoms with E-state index in [1.165, 1.54) is 0 Å². The van der Waals surface area contributed by atoms with Crippen molar-refractivity contribution in [3.8, 4) is 0 Å². The zero-order valence-corrected chi connectivity index (χ0v) is 15.9. The number of hydrogen-bond acceptors (Lipinski definition) is 2. The summed E-state index contributed by atoms with van der Waals surface area (Å²) in [6.07, 6.45) is 6.31. The van der Waals surface area contributed by atoms with Crippen LogP contribution in [0.4, 0.5) is 5.69 Å². The van der Waals surface area contributed by atoms with Crippen LogP contribution in [0.2, 0.25) is 0 Å². The minimum atomic E-state index is 0.0231. The van der Waals surface area contributed by atoms with Gasteiger partial charge in [0.05, 0.1) is 0 Å². The van der Waals surface area contributed by atoms with Crippen LogP contribution in [0.25, 0.3) is 0 Å². The van der Waals surface area contributed by atoms with E-state index in [2.05, 4.69) is 25.2 Å². The number of anilines is 1. The molecule has 0 radical (unpaired) electrons. The summed E-state index contributed by atoms with van der Waals surface area (Å²) in [5.74, 6) is 0.471. The third-order valence-corrected chi connectivity index (χ3v) is 5.33. The number of hydrogen-bond donors (Lipinski definition) is 1.